The van der Waals surface area contributed by atoms with Gasteiger partial charge in [-0.05, 0) is 32.2 Å². The summed E-state index contributed by atoms with van der Waals surface area (Å²) in [5, 5.41) is 7.82. The molecule has 0 amide bonds. The molecule has 3 N–H and O–H groups in total. The molecule has 2 unspecified atom stereocenters. The minimum atomic E-state index is 0.424. The van der Waals surface area contributed by atoms with Crippen molar-refractivity contribution in [2.45, 2.75) is 38.6 Å². The molecular weight excluding hydrogens is 240 g/mol. The van der Waals surface area contributed by atoms with Gasteiger partial charge in [0.1, 0.15) is 12.1 Å². The van der Waals surface area contributed by atoms with Gasteiger partial charge in [0, 0.05) is 17.8 Å². The van der Waals surface area contributed by atoms with Crippen LogP contribution in [0.25, 0.3) is 5.78 Å². The zero-order valence-corrected chi connectivity index (χ0v) is 11.2. The van der Waals surface area contributed by atoms with Gasteiger partial charge in [-0.15, -0.1) is 0 Å². The minimum Gasteiger partial charge on any atom is -0.367 e. The molecule has 0 aliphatic heterocycles. The molecule has 2 atom stereocenters. The Kier molecular flexibility index (Phi) is 3.33. The summed E-state index contributed by atoms with van der Waals surface area (Å²) in [5.41, 5.74) is 6.83. The van der Waals surface area contributed by atoms with Crippen molar-refractivity contribution in [3.05, 3.63) is 18.1 Å². The highest BCUT2D eigenvalue weighted by Gasteiger charge is 2.24. The van der Waals surface area contributed by atoms with Crippen LogP contribution in [0.3, 0.4) is 0 Å². The first kappa shape index (κ1) is 12.3. The predicted molar refractivity (Wildman–Crippen MR) is 73.9 cm³/mol. The topological polar surface area (TPSA) is 81.1 Å². The molecule has 0 bridgehead atoms. The highest BCUT2D eigenvalue weighted by molar-refractivity contribution is 5.45. The Bertz CT molecular complexity index is 563. The van der Waals surface area contributed by atoms with E-state index in [1.54, 1.807) is 4.52 Å². The van der Waals surface area contributed by atoms with E-state index in [4.69, 9.17) is 5.73 Å². The smallest absolute Gasteiger partial charge is 0.254 e. The van der Waals surface area contributed by atoms with Crippen molar-refractivity contribution < 1.29 is 0 Å². The lowest BCUT2D eigenvalue weighted by atomic mass is 9.84. The Morgan fingerprint density at radius 3 is 3.11 bits per heavy atom. The number of aryl methyl sites for hydroxylation is 1. The van der Waals surface area contributed by atoms with Gasteiger partial charge < -0.3 is 11.1 Å². The second kappa shape index (κ2) is 5.13. The lowest BCUT2D eigenvalue weighted by Gasteiger charge is -2.32. The SMILES string of the molecule is Cc1cc(NC2CCCCC2CN)n2ncnc2n1. The van der Waals surface area contributed by atoms with E-state index in [1.807, 2.05) is 13.0 Å². The quantitative estimate of drug-likeness (QED) is 0.871. The number of aromatic nitrogens is 4. The van der Waals surface area contributed by atoms with E-state index in [1.165, 1.54) is 32.0 Å². The number of nitrogens with two attached hydrogens (primary N) is 1. The van der Waals surface area contributed by atoms with Gasteiger partial charge in [0.25, 0.3) is 5.78 Å². The zero-order chi connectivity index (χ0) is 13.2. The van der Waals surface area contributed by atoms with Crippen molar-refractivity contribution in [2.75, 3.05) is 11.9 Å². The third kappa shape index (κ3) is 2.40. The van der Waals surface area contributed by atoms with E-state index in [2.05, 4.69) is 20.4 Å². The normalized spacial score (nSPS) is 23.7. The molecule has 1 aliphatic rings. The first-order valence-electron chi connectivity index (χ1n) is 6.92. The van der Waals surface area contributed by atoms with Crippen LogP contribution in [0.4, 0.5) is 5.82 Å². The molecule has 2 heterocycles. The number of hydrogen-bond donors (Lipinski definition) is 2. The van der Waals surface area contributed by atoms with Crippen molar-refractivity contribution in [1.82, 2.24) is 19.6 Å². The summed E-state index contributed by atoms with van der Waals surface area (Å²) in [7, 11) is 0. The van der Waals surface area contributed by atoms with Gasteiger partial charge in [-0.25, -0.2) is 4.98 Å². The largest absolute Gasteiger partial charge is 0.367 e. The van der Waals surface area contributed by atoms with Crippen molar-refractivity contribution in [3.63, 3.8) is 0 Å². The highest BCUT2D eigenvalue weighted by Crippen LogP contribution is 2.26. The van der Waals surface area contributed by atoms with Crippen LogP contribution < -0.4 is 11.1 Å². The summed E-state index contributed by atoms with van der Waals surface area (Å²) in [5.74, 6) is 2.15. The van der Waals surface area contributed by atoms with E-state index < -0.39 is 0 Å². The van der Waals surface area contributed by atoms with E-state index in [0.29, 0.717) is 17.7 Å². The fourth-order valence-corrected chi connectivity index (χ4v) is 2.90. The molecule has 1 saturated carbocycles. The summed E-state index contributed by atoms with van der Waals surface area (Å²) < 4.78 is 1.76. The molecular formula is C13H20N6. The number of rotatable bonds is 3. The van der Waals surface area contributed by atoms with Gasteiger partial charge in [0.05, 0.1) is 0 Å². The molecule has 6 nitrogen and oxygen atoms in total. The molecule has 2 aromatic rings. The van der Waals surface area contributed by atoms with Crippen molar-refractivity contribution in [2.24, 2.45) is 11.7 Å². The maximum absolute atomic E-state index is 5.88. The average Bonchev–Trinajstić information content (AvgIpc) is 2.87. The zero-order valence-electron chi connectivity index (χ0n) is 11.2. The summed E-state index contributed by atoms with van der Waals surface area (Å²) in [6.07, 6.45) is 6.46. The molecule has 0 spiro atoms. The number of hydrogen-bond acceptors (Lipinski definition) is 5. The highest BCUT2D eigenvalue weighted by atomic mass is 15.4. The van der Waals surface area contributed by atoms with Crippen LogP contribution in [-0.4, -0.2) is 32.2 Å². The maximum Gasteiger partial charge on any atom is 0.254 e. The Balaban J connectivity index is 1.89. The van der Waals surface area contributed by atoms with Gasteiger partial charge in [0.2, 0.25) is 0 Å². The van der Waals surface area contributed by atoms with Crippen LogP contribution in [0.15, 0.2) is 12.4 Å². The van der Waals surface area contributed by atoms with Gasteiger partial charge in [-0.3, -0.25) is 0 Å². The van der Waals surface area contributed by atoms with Gasteiger partial charge in [-0.1, -0.05) is 12.8 Å². The van der Waals surface area contributed by atoms with Gasteiger partial charge in [-0.2, -0.15) is 14.6 Å². The molecule has 0 radical (unpaired) electrons. The predicted octanol–water partition coefficient (Wildman–Crippen LogP) is 1.36. The van der Waals surface area contributed by atoms with Crippen LogP contribution in [0, 0.1) is 12.8 Å². The molecule has 0 aromatic carbocycles. The summed E-state index contributed by atoms with van der Waals surface area (Å²) in [6.45, 7) is 2.71. The molecule has 1 fully saturated rings. The molecule has 1 aliphatic carbocycles. The van der Waals surface area contributed by atoms with Crippen LogP contribution >= 0.6 is 0 Å². The number of nitrogens with zero attached hydrogens (tertiary/aromatic N) is 4. The summed E-state index contributed by atoms with van der Waals surface area (Å²) >= 11 is 0. The van der Waals surface area contributed by atoms with E-state index in [-0.39, 0.29) is 0 Å². The second-order valence-electron chi connectivity index (χ2n) is 5.29. The molecule has 2 aromatic heterocycles. The third-order valence-electron chi connectivity index (χ3n) is 3.93. The van der Waals surface area contributed by atoms with Crippen molar-refractivity contribution in [3.8, 4) is 0 Å². The van der Waals surface area contributed by atoms with Crippen LogP contribution in [0.2, 0.25) is 0 Å². The van der Waals surface area contributed by atoms with Crippen molar-refractivity contribution in [1.29, 1.82) is 0 Å². The average molecular weight is 260 g/mol. The lowest BCUT2D eigenvalue weighted by molar-refractivity contribution is 0.331. The molecule has 0 saturated heterocycles. The first-order chi connectivity index (χ1) is 9.28. The number of fused-ring (bicyclic) bond motifs is 1. The molecule has 102 valence electrons. The van der Waals surface area contributed by atoms with Gasteiger partial charge >= 0.3 is 0 Å². The maximum atomic E-state index is 5.88. The molecule has 19 heavy (non-hydrogen) atoms. The van der Waals surface area contributed by atoms with Crippen LogP contribution in [-0.2, 0) is 0 Å². The van der Waals surface area contributed by atoms with E-state index in [9.17, 15) is 0 Å². The Morgan fingerprint density at radius 2 is 2.26 bits per heavy atom. The Hall–Kier alpha value is -1.69. The van der Waals surface area contributed by atoms with Crippen LogP contribution in [0.1, 0.15) is 31.4 Å². The monoisotopic (exact) mass is 260 g/mol. The van der Waals surface area contributed by atoms with Crippen LogP contribution in [0.5, 0.6) is 0 Å². The Morgan fingerprint density at radius 1 is 1.42 bits per heavy atom. The third-order valence-corrected chi connectivity index (χ3v) is 3.93. The lowest BCUT2D eigenvalue weighted by Crippen LogP contribution is -2.37. The second-order valence-corrected chi connectivity index (χ2v) is 5.29. The summed E-state index contributed by atoms with van der Waals surface area (Å²) in [4.78, 5) is 8.50. The summed E-state index contributed by atoms with van der Waals surface area (Å²) in [6, 6.07) is 2.44. The number of anilines is 1. The molecule has 6 heteroatoms. The van der Waals surface area contributed by atoms with Gasteiger partial charge in [0.15, 0.2) is 0 Å². The van der Waals surface area contributed by atoms with E-state index >= 15 is 0 Å². The molecule has 3 rings (SSSR count). The Labute approximate surface area is 112 Å². The fraction of sp³-hybridized carbons (Fsp3) is 0.615. The van der Waals surface area contributed by atoms with E-state index in [0.717, 1.165) is 18.1 Å². The minimum absolute atomic E-state index is 0.424. The fourth-order valence-electron chi connectivity index (χ4n) is 2.90. The van der Waals surface area contributed by atoms with Crippen molar-refractivity contribution >= 4 is 11.6 Å². The standard InChI is InChI=1S/C13H20N6/c1-9-6-12(19-13(17-9)15-8-16-19)18-11-5-3-2-4-10(11)7-14/h6,8,10-11,18H,2-5,7,14H2,1H3. The first-order valence-corrected chi connectivity index (χ1v) is 6.92. The number of nitrogens with one attached hydrogen (secondary N) is 1.